The molecular formula is C20H19N5O3. The topological polar surface area (TPSA) is 111 Å². The fourth-order valence-electron chi connectivity index (χ4n) is 3.55. The molecule has 0 saturated heterocycles. The Labute approximate surface area is 160 Å². The molecule has 2 amide bonds. The second-order valence-corrected chi connectivity index (χ2v) is 6.80. The first-order valence-electron chi connectivity index (χ1n) is 9.02. The first-order valence-corrected chi connectivity index (χ1v) is 9.02. The highest BCUT2D eigenvalue weighted by Gasteiger charge is 2.33. The van der Waals surface area contributed by atoms with Crippen LogP contribution in [0.5, 0.6) is 0 Å². The Hall–Kier alpha value is -3.55. The van der Waals surface area contributed by atoms with Gasteiger partial charge in [0.05, 0.1) is 11.9 Å². The zero-order valence-corrected chi connectivity index (χ0v) is 15.1. The van der Waals surface area contributed by atoms with Crippen molar-refractivity contribution in [2.45, 2.75) is 32.0 Å². The summed E-state index contributed by atoms with van der Waals surface area (Å²) in [6.07, 6.45) is 0.422. The number of carbonyl (C=O) groups is 2. The number of nitrogens with zero attached hydrogens (tertiary/aromatic N) is 4. The lowest BCUT2D eigenvalue weighted by Gasteiger charge is -2.35. The summed E-state index contributed by atoms with van der Waals surface area (Å²) < 4.78 is 1.18. The van der Waals surface area contributed by atoms with Crippen LogP contribution in [0.2, 0.25) is 0 Å². The fraction of sp³-hybridized carbons (Fsp3) is 0.250. The Balaban J connectivity index is 1.54. The van der Waals surface area contributed by atoms with Crippen molar-refractivity contribution in [3.05, 3.63) is 70.0 Å². The molecule has 1 unspecified atom stereocenters. The number of aryl methyl sites for hydroxylation is 1. The highest BCUT2D eigenvalue weighted by molar-refractivity contribution is 5.87. The van der Waals surface area contributed by atoms with Crippen molar-refractivity contribution in [1.82, 2.24) is 19.9 Å². The molecule has 0 spiro atoms. The molecule has 1 aliphatic heterocycles. The van der Waals surface area contributed by atoms with Gasteiger partial charge in [0, 0.05) is 19.4 Å². The van der Waals surface area contributed by atoms with Gasteiger partial charge in [0.2, 0.25) is 11.8 Å². The second-order valence-electron chi connectivity index (χ2n) is 6.80. The van der Waals surface area contributed by atoms with Crippen LogP contribution in [0.4, 0.5) is 0 Å². The minimum atomic E-state index is -0.693. The van der Waals surface area contributed by atoms with Gasteiger partial charge < -0.3 is 10.6 Å². The summed E-state index contributed by atoms with van der Waals surface area (Å²) in [4.78, 5) is 38.7. The number of primary amides is 1. The molecule has 0 bridgehead atoms. The van der Waals surface area contributed by atoms with Crippen LogP contribution in [0.3, 0.4) is 0 Å². The third-order valence-corrected chi connectivity index (χ3v) is 5.06. The third-order valence-electron chi connectivity index (χ3n) is 5.06. The van der Waals surface area contributed by atoms with E-state index < -0.39 is 11.9 Å². The number of rotatable bonds is 4. The van der Waals surface area contributed by atoms with Crippen molar-refractivity contribution >= 4 is 22.7 Å². The number of hydrogen-bond donors (Lipinski definition) is 1. The van der Waals surface area contributed by atoms with E-state index in [9.17, 15) is 14.4 Å². The van der Waals surface area contributed by atoms with Crippen molar-refractivity contribution in [2.24, 2.45) is 5.73 Å². The van der Waals surface area contributed by atoms with Gasteiger partial charge in [-0.15, -0.1) is 5.10 Å². The number of fused-ring (bicyclic) bond motifs is 2. The van der Waals surface area contributed by atoms with Crippen molar-refractivity contribution in [2.75, 3.05) is 0 Å². The second kappa shape index (κ2) is 7.22. The SMILES string of the molecule is NC(=O)C1Cc2ccccc2CN1C(=O)CCn1nnc2ccccc2c1=O. The Bertz CT molecular complexity index is 1120. The molecule has 4 rings (SSSR count). The number of hydrogen-bond acceptors (Lipinski definition) is 5. The number of aromatic nitrogens is 3. The summed E-state index contributed by atoms with van der Waals surface area (Å²) in [7, 11) is 0. The summed E-state index contributed by atoms with van der Waals surface area (Å²) >= 11 is 0. The van der Waals surface area contributed by atoms with Crippen molar-refractivity contribution in [3.63, 3.8) is 0 Å². The van der Waals surface area contributed by atoms with Crippen LogP contribution in [0.25, 0.3) is 10.9 Å². The molecule has 1 aromatic heterocycles. The van der Waals surface area contributed by atoms with Crippen molar-refractivity contribution < 1.29 is 9.59 Å². The highest BCUT2D eigenvalue weighted by Crippen LogP contribution is 2.24. The maximum Gasteiger partial charge on any atom is 0.277 e. The number of carbonyl (C=O) groups excluding carboxylic acids is 2. The lowest BCUT2D eigenvalue weighted by molar-refractivity contribution is -0.140. The Morgan fingerprint density at radius 2 is 1.79 bits per heavy atom. The monoisotopic (exact) mass is 377 g/mol. The van der Waals surface area contributed by atoms with Gasteiger partial charge in [-0.1, -0.05) is 41.6 Å². The van der Waals surface area contributed by atoms with Gasteiger partial charge in [0.1, 0.15) is 11.6 Å². The zero-order chi connectivity index (χ0) is 19.7. The quantitative estimate of drug-likeness (QED) is 0.716. The number of amides is 2. The van der Waals surface area contributed by atoms with E-state index in [0.29, 0.717) is 23.9 Å². The lowest BCUT2D eigenvalue weighted by Crippen LogP contribution is -2.51. The Morgan fingerprint density at radius 3 is 2.57 bits per heavy atom. The number of benzene rings is 2. The summed E-state index contributed by atoms with van der Waals surface area (Å²) in [6, 6.07) is 13.9. The van der Waals surface area contributed by atoms with E-state index in [-0.39, 0.29) is 24.4 Å². The predicted molar refractivity (Wildman–Crippen MR) is 102 cm³/mol. The maximum atomic E-state index is 12.8. The van der Waals surface area contributed by atoms with Crippen LogP contribution in [-0.4, -0.2) is 37.7 Å². The molecule has 0 aliphatic carbocycles. The van der Waals surface area contributed by atoms with E-state index in [4.69, 9.17) is 5.73 Å². The summed E-state index contributed by atoms with van der Waals surface area (Å²) in [5, 5.41) is 8.38. The fourth-order valence-corrected chi connectivity index (χ4v) is 3.55. The predicted octanol–water partition coefficient (Wildman–Crippen LogP) is 0.620. The standard InChI is InChI=1S/C20H19N5O3/c21-19(27)17-11-13-5-1-2-6-14(13)12-24(17)18(26)9-10-25-20(28)15-7-3-4-8-16(15)22-23-25/h1-8,17H,9-12H2,(H2,21,27). The summed E-state index contributed by atoms with van der Waals surface area (Å²) in [6.45, 7) is 0.403. The first-order chi connectivity index (χ1) is 13.5. The molecule has 1 aliphatic rings. The molecule has 2 heterocycles. The molecule has 3 aromatic rings. The first kappa shape index (κ1) is 17.8. The minimum Gasteiger partial charge on any atom is -0.368 e. The normalized spacial score (nSPS) is 16.0. The van der Waals surface area contributed by atoms with Gasteiger partial charge in [-0.25, -0.2) is 4.68 Å². The van der Waals surface area contributed by atoms with E-state index in [1.165, 1.54) is 9.58 Å². The Kier molecular flexibility index (Phi) is 4.60. The van der Waals surface area contributed by atoms with Crippen LogP contribution in [-0.2, 0) is 29.1 Å². The third kappa shape index (κ3) is 3.24. The van der Waals surface area contributed by atoms with Gasteiger partial charge in [-0.2, -0.15) is 0 Å². The van der Waals surface area contributed by atoms with E-state index in [2.05, 4.69) is 10.3 Å². The molecule has 142 valence electrons. The van der Waals surface area contributed by atoms with E-state index >= 15 is 0 Å². The molecule has 28 heavy (non-hydrogen) atoms. The Morgan fingerprint density at radius 1 is 1.07 bits per heavy atom. The van der Waals surface area contributed by atoms with Crippen molar-refractivity contribution in [1.29, 1.82) is 0 Å². The zero-order valence-electron chi connectivity index (χ0n) is 15.1. The molecule has 0 radical (unpaired) electrons. The number of nitrogens with two attached hydrogens (primary N) is 1. The van der Waals surface area contributed by atoms with E-state index in [0.717, 1.165) is 11.1 Å². The van der Waals surface area contributed by atoms with Gasteiger partial charge in [0.25, 0.3) is 5.56 Å². The molecule has 8 heteroatoms. The van der Waals surface area contributed by atoms with E-state index in [1.54, 1.807) is 24.3 Å². The van der Waals surface area contributed by atoms with Crippen LogP contribution >= 0.6 is 0 Å². The summed E-state index contributed by atoms with van der Waals surface area (Å²) in [5.41, 5.74) is 7.77. The summed E-state index contributed by atoms with van der Waals surface area (Å²) in [5.74, 6) is -0.786. The highest BCUT2D eigenvalue weighted by atomic mass is 16.2. The van der Waals surface area contributed by atoms with E-state index in [1.807, 2.05) is 24.3 Å². The average molecular weight is 377 g/mol. The van der Waals surface area contributed by atoms with Gasteiger partial charge in [-0.05, 0) is 23.3 Å². The molecule has 0 fully saturated rings. The minimum absolute atomic E-state index is 0.0267. The average Bonchev–Trinajstić information content (AvgIpc) is 2.72. The molecule has 8 nitrogen and oxygen atoms in total. The van der Waals surface area contributed by atoms with Crippen LogP contribution in [0, 0.1) is 0 Å². The molecular weight excluding hydrogens is 358 g/mol. The van der Waals surface area contributed by atoms with Gasteiger partial charge in [-0.3, -0.25) is 14.4 Å². The lowest BCUT2D eigenvalue weighted by atomic mass is 9.93. The smallest absolute Gasteiger partial charge is 0.277 e. The maximum absolute atomic E-state index is 12.8. The van der Waals surface area contributed by atoms with Crippen LogP contribution < -0.4 is 11.3 Å². The van der Waals surface area contributed by atoms with Gasteiger partial charge >= 0.3 is 0 Å². The largest absolute Gasteiger partial charge is 0.368 e. The molecule has 2 N–H and O–H groups in total. The van der Waals surface area contributed by atoms with Crippen LogP contribution in [0.1, 0.15) is 17.5 Å². The molecule has 2 aromatic carbocycles. The molecule has 0 saturated carbocycles. The van der Waals surface area contributed by atoms with Crippen LogP contribution in [0.15, 0.2) is 53.3 Å². The molecule has 1 atom stereocenters. The van der Waals surface area contributed by atoms with Crippen molar-refractivity contribution in [3.8, 4) is 0 Å². The van der Waals surface area contributed by atoms with Gasteiger partial charge in [0.15, 0.2) is 0 Å².